The fourth-order valence-corrected chi connectivity index (χ4v) is 2.07. The van der Waals surface area contributed by atoms with Crippen LogP contribution >= 0.6 is 0 Å². The van der Waals surface area contributed by atoms with E-state index in [0.717, 1.165) is 22.4 Å². The highest BCUT2D eigenvalue weighted by atomic mass is 16.5. The van der Waals surface area contributed by atoms with Crippen LogP contribution < -0.4 is 5.32 Å². The third-order valence-electron chi connectivity index (χ3n) is 3.08. The number of benzene rings is 2. The molecule has 2 rings (SSSR count). The predicted molar refractivity (Wildman–Crippen MR) is 87.2 cm³/mol. The lowest BCUT2D eigenvalue weighted by molar-refractivity contribution is -0.134. The van der Waals surface area contributed by atoms with Crippen molar-refractivity contribution in [3.8, 4) is 11.1 Å². The van der Waals surface area contributed by atoms with Gasteiger partial charge in [0.2, 0.25) is 5.91 Å². The zero-order valence-electron chi connectivity index (χ0n) is 12.5. The third kappa shape index (κ3) is 4.06. The van der Waals surface area contributed by atoms with E-state index in [1.165, 1.54) is 20.1 Å². The Morgan fingerprint density at radius 3 is 2.36 bits per heavy atom. The molecule has 2 aromatic carbocycles. The van der Waals surface area contributed by atoms with E-state index < -0.39 is 5.97 Å². The molecule has 1 N–H and O–H groups in total. The average molecular weight is 295 g/mol. The van der Waals surface area contributed by atoms with Crippen LogP contribution in [-0.4, -0.2) is 19.0 Å². The van der Waals surface area contributed by atoms with Gasteiger partial charge in [-0.05, 0) is 34.9 Å². The molecule has 0 aliphatic carbocycles. The second-order valence-electron chi connectivity index (χ2n) is 4.70. The molecular weight excluding hydrogens is 278 g/mol. The molecular formula is C18H17NO3. The number of carbonyl (C=O) groups is 2. The standard InChI is InChI=1S/C18H17NO3/c1-13(20)19-16-10-7-15(8-11-16)17-6-4-3-5-14(17)9-12-18(21)22-2/h3-12H,1-2H3,(H,19,20)/b12-9+. The van der Waals surface area contributed by atoms with Crippen molar-refractivity contribution in [1.82, 2.24) is 0 Å². The fourth-order valence-electron chi connectivity index (χ4n) is 2.07. The molecule has 0 aliphatic heterocycles. The summed E-state index contributed by atoms with van der Waals surface area (Å²) in [6.45, 7) is 1.47. The molecule has 112 valence electrons. The molecule has 0 atom stereocenters. The smallest absolute Gasteiger partial charge is 0.330 e. The Morgan fingerprint density at radius 1 is 1.05 bits per heavy atom. The maximum Gasteiger partial charge on any atom is 0.330 e. The van der Waals surface area contributed by atoms with Gasteiger partial charge in [-0.1, -0.05) is 36.4 Å². The van der Waals surface area contributed by atoms with E-state index in [9.17, 15) is 9.59 Å². The predicted octanol–water partition coefficient (Wildman–Crippen LogP) is 3.50. The van der Waals surface area contributed by atoms with Crippen LogP contribution in [0.1, 0.15) is 12.5 Å². The summed E-state index contributed by atoms with van der Waals surface area (Å²) in [5.41, 5.74) is 3.66. The monoisotopic (exact) mass is 295 g/mol. The Hall–Kier alpha value is -2.88. The SMILES string of the molecule is COC(=O)/C=C/c1ccccc1-c1ccc(NC(C)=O)cc1. The van der Waals surface area contributed by atoms with Gasteiger partial charge in [0.25, 0.3) is 0 Å². The molecule has 0 radical (unpaired) electrons. The number of rotatable bonds is 4. The number of ether oxygens (including phenoxy) is 1. The highest BCUT2D eigenvalue weighted by Gasteiger charge is 2.04. The maximum atomic E-state index is 11.2. The Balaban J connectivity index is 2.30. The van der Waals surface area contributed by atoms with Gasteiger partial charge in [0.15, 0.2) is 0 Å². The molecule has 1 amide bonds. The first-order valence-electron chi connectivity index (χ1n) is 6.83. The van der Waals surface area contributed by atoms with Gasteiger partial charge < -0.3 is 10.1 Å². The summed E-state index contributed by atoms with van der Waals surface area (Å²) in [6.07, 6.45) is 3.12. The molecule has 0 unspecified atom stereocenters. The van der Waals surface area contributed by atoms with E-state index in [4.69, 9.17) is 0 Å². The average Bonchev–Trinajstić information content (AvgIpc) is 2.53. The number of hydrogen-bond donors (Lipinski definition) is 1. The summed E-state index contributed by atoms with van der Waals surface area (Å²) >= 11 is 0. The van der Waals surface area contributed by atoms with E-state index >= 15 is 0 Å². The summed E-state index contributed by atoms with van der Waals surface area (Å²) in [6, 6.07) is 15.3. The zero-order valence-corrected chi connectivity index (χ0v) is 12.5. The highest BCUT2D eigenvalue weighted by molar-refractivity contribution is 5.90. The third-order valence-corrected chi connectivity index (χ3v) is 3.08. The second kappa shape index (κ2) is 7.22. The summed E-state index contributed by atoms with van der Waals surface area (Å²) in [5.74, 6) is -0.495. The number of nitrogens with one attached hydrogen (secondary N) is 1. The van der Waals surface area contributed by atoms with Gasteiger partial charge in [0.05, 0.1) is 7.11 Å². The van der Waals surface area contributed by atoms with Crippen LogP contribution in [0.15, 0.2) is 54.6 Å². The van der Waals surface area contributed by atoms with Gasteiger partial charge in [-0.3, -0.25) is 4.79 Å². The molecule has 0 saturated carbocycles. The van der Waals surface area contributed by atoms with Crippen molar-refractivity contribution in [3.05, 3.63) is 60.2 Å². The topological polar surface area (TPSA) is 55.4 Å². The van der Waals surface area contributed by atoms with Crippen LogP contribution in [0.2, 0.25) is 0 Å². The Bertz CT molecular complexity index is 703. The summed E-state index contributed by atoms with van der Waals surface area (Å²) in [7, 11) is 1.35. The number of hydrogen-bond acceptors (Lipinski definition) is 3. The van der Waals surface area contributed by atoms with E-state index in [1.54, 1.807) is 6.08 Å². The van der Waals surface area contributed by atoms with Gasteiger partial charge in [-0.2, -0.15) is 0 Å². The minimum atomic E-state index is -0.393. The molecule has 0 heterocycles. The molecule has 0 fully saturated rings. The number of amides is 1. The van der Waals surface area contributed by atoms with Crippen molar-refractivity contribution >= 4 is 23.6 Å². The van der Waals surface area contributed by atoms with Crippen LogP contribution in [0.25, 0.3) is 17.2 Å². The maximum absolute atomic E-state index is 11.2. The van der Waals surface area contributed by atoms with Crippen LogP contribution in [0.4, 0.5) is 5.69 Å². The minimum Gasteiger partial charge on any atom is -0.466 e. The lowest BCUT2D eigenvalue weighted by Gasteiger charge is -2.08. The van der Waals surface area contributed by atoms with E-state index in [0.29, 0.717) is 0 Å². The minimum absolute atomic E-state index is 0.103. The Labute approximate surface area is 129 Å². The van der Waals surface area contributed by atoms with Crippen molar-refractivity contribution < 1.29 is 14.3 Å². The van der Waals surface area contributed by atoms with Crippen molar-refractivity contribution in [2.24, 2.45) is 0 Å². The van der Waals surface area contributed by atoms with Crippen molar-refractivity contribution in [2.45, 2.75) is 6.92 Å². The van der Waals surface area contributed by atoms with Gasteiger partial charge in [-0.25, -0.2) is 4.79 Å². The van der Waals surface area contributed by atoms with Crippen molar-refractivity contribution in [1.29, 1.82) is 0 Å². The number of esters is 1. The molecule has 0 spiro atoms. The van der Waals surface area contributed by atoms with E-state index in [2.05, 4.69) is 10.1 Å². The summed E-state index contributed by atoms with van der Waals surface area (Å²) in [5, 5.41) is 2.73. The molecule has 0 bridgehead atoms. The van der Waals surface area contributed by atoms with Gasteiger partial charge in [0.1, 0.15) is 0 Å². The lowest BCUT2D eigenvalue weighted by Crippen LogP contribution is -2.05. The molecule has 2 aromatic rings. The van der Waals surface area contributed by atoms with Gasteiger partial charge >= 0.3 is 5.97 Å². The van der Waals surface area contributed by atoms with Gasteiger partial charge in [0, 0.05) is 18.7 Å². The normalized spacial score (nSPS) is 10.5. The quantitative estimate of drug-likeness (QED) is 0.694. The largest absolute Gasteiger partial charge is 0.466 e. The molecule has 4 nitrogen and oxygen atoms in total. The molecule has 22 heavy (non-hydrogen) atoms. The highest BCUT2D eigenvalue weighted by Crippen LogP contribution is 2.26. The first kappa shape index (κ1) is 15.5. The van der Waals surface area contributed by atoms with Gasteiger partial charge in [-0.15, -0.1) is 0 Å². The molecule has 0 saturated heterocycles. The van der Waals surface area contributed by atoms with Crippen LogP contribution in [0.3, 0.4) is 0 Å². The number of anilines is 1. The van der Waals surface area contributed by atoms with E-state index in [-0.39, 0.29) is 5.91 Å². The number of carbonyl (C=O) groups excluding carboxylic acids is 2. The van der Waals surface area contributed by atoms with Crippen molar-refractivity contribution in [2.75, 3.05) is 12.4 Å². The fraction of sp³-hybridized carbons (Fsp3) is 0.111. The first-order valence-corrected chi connectivity index (χ1v) is 6.83. The van der Waals surface area contributed by atoms with Crippen LogP contribution in [0.5, 0.6) is 0 Å². The lowest BCUT2D eigenvalue weighted by atomic mass is 9.99. The zero-order chi connectivity index (χ0) is 15.9. The number of methoxy groups -OCH3 is 1. The van der Waals surface area contributed by atoms with Crippen LogP contribution in [0, 0.1) is 0 Å². The summed E-state index contributed by atoms with van der Waals surface area (Å²) < 4.78 is 4.60. The molecule has 4 heteroatoms. The molecule has 0 aromatic heterocycles. The second-order valence-corrected chi connectivity index (χ2v) is 4.70. The first-order chi connectivity index (χ1) is 10.6. The Kier molecular flexibility index (Phi) is 5.09. The molecule has 0 aliphatic rings. The Morgan fingerprint density at radius 2 is 1.73 bits per heavy atom. The van der Waals surface area contributed by atoms with Crippen molar-refractivity contribution in [3.63, 3.8) is 0 Å². The van der Waals surface area contributed by atoms with Crippen LogP contribution in [-0.2, 0) is 14.3 Å². The van der Waals surface area contributed by atoms with E-state index in [1.807, 2.05) is 48.5 Å². The summed E-state index contributed by atoms with van der Waals surface area (Å²) in [4.78, 5) is 22.3.